The molecule has 5 rings (SSSR count). The fourth-order valence-electron chi connectivity index (χ4n) is 4.30. The molecule has 0 spiro atoms. The number of benzene rings is 2. The van der Waals surface area contributed by atoms with E-state index in [-0.39, 0.29) is 0 Å². The SMILES string of the molecule is COC1CCN(c2cccc(Nc3cc(-c4ccc5c(cnn5C)c4)ccn3)c2)CC1. The number of nitrogens with zero attached hydrogens (tertiary/aromatic N) is 4. The van der Waals surface area contributed by atoms with Crippen LogP contribution in [0.4, 0.5) is 17.2 Å². The number of anilines is 3. The molecule has 1 saturated heterocycles. The molecule has 1 aliphatic rings. The van der Waals surface area contributed by atoms with Crippen molar-refractivity contribution in [2.75, 3.05) is 30.4 Å². The topological polar surface area (TPSA) is 55.2 Å². The molecule has 0 unspecified atom stereocenters. The lowest BCUT2D eigenvalue weighted by atomic mass is 10.1. The smallest absolute Gasteiger partial charge is 0.130 e. The average Bonchev–Trinajstić information content (AvgIpc) is 3.19. The molecule has 1 aliphatic heterocycles. The van der Waals surface area contributed by atoms with E-state index in [1.165, 1.54) is 5.69 Å². The quantitative estimate of drug-likeness (QED) is 0.499. The third-order valence-electron chi connectivity index (χ3n) is 6.10. The van der Waals surface area contributed by atoms with Gasteiger partial charge in [-0.25, -0.2) is 4.98 Å². The Labute approximate surface area is 182 Å². The molecule has 0 saturated carbocycles. The van der Waals surface area contributed by atoms with Crippen LogP contribution >= 0.6 is 0 Å². The second-order valence-electron chi connectivity index (χ2n) is 8.07. The third-order valence-corrected chi connectivity index (χ3v) is 6.10. The normalized spacial score (nSPS) is 14.8. The Morgan fingerprint density at radius 1 is 1.00 bits per heavy atom. The van der Waals surface area contributed by atoms with Crippen LogP contribution in [0.2, 0.25) is 0 Å². The monoisotopic (exact) mass is 413 g/mol. The summed E-state index contributed by atoms with van der Waals surface area (Å²) in [5.41, 5.74) is 5.68. The summed E-state index contributed by atoms with van der Waals surface area (Å²) in [6.45, 7) is 2.04. The summed E-state index contributed by atoms with van der Waals surface area (Å²) in [7, 11) is 3.77. The van der Waals surface area contributed by atoms with E-state index in [0.717, 1.165) is 59.5 Å². The van der Waals surface area contributed by atoms with Crippen LogP contribution in [-0.2, 0) is 11.8 Å². The first-order valence-corrected chi connectivity index (χ1v) is 10.7. The van der Waals surface area contributed by atoms with Gasteiger partial charge in [-0.05, 0) is 66.4 Å². The number of hydrogen-bond donors (Lipinski definition) is 1. The Kier molecular flexibility index (Phi) is 5.30. The molecule has 0 amide bonds. The van der Waals surface area contributed by atoms with Gasteiger partial charge in [0.2, 0.25) is 0 Å². The number of aromatic nitrogens is 3. The van der Waals surface area contributed by atoms with Crippen molar-refractivity contribution in [2.45, 2.75) is 18.9 Å². The van der Waals surface area contributed by atoms with E-state index in [4.69, 9.17) is 4.74 Å². The Bertz CT molecular complexity index is 1190. The van der Waals surface area contributed by atoms with E-state index in [1.54, 1.807) is 7.11 Å². The highest BCUT2D eigenvalue weighted by molar-refractivity contribution is 5.85. The predicted molar refractivity (Wildman–Crippen MR) is 126 cm³/mol. The molecule has 0 radical (unpaired) electrons. The van der Waals surface area contributed by atoms with Gasteiger partial charge >= 0.3 is 0 Å². The minimum absolute atomic E-state index is 0.385. The summed E-state index contributed by atoms with van der Waals surface area (Å²) in [6.07, 6.45) is 6.28. The highest BCUT2D eigenvalue weighted by Gasteiger charge is 2.19. The van der Waals surface area contributed by atoms with Gasteiger partial charge in [0.1, 0.15) is 5.82 Å². The van der Waals surface area contributed by atoms with Crippen LogP contribution in [0.15, 0.2) is 67.0 Å². The van der Waals surface area contributed by atoms with Crippen molar-refractivity contribution in [1.82, 2.24) is 14.8 Å². The minimum Gasteiger partial charge on any atom is -0.381 e. The van der Waals surface area contributed by atoms with Gasteiger partial charge < -0.3 is 15.0 Å². The van der Waals surface area contributed by atoms with Crippen molar-refractivity contribution in [3.05, 3.63) is 67.0 Å². The van der Waals surface area contributed by atoms with Gasteiger partial charge in [0.15, 0.2) is 0 Å². The zero-order chi connectivity index (χ0) is 21.2. The number of piperidine rings is 1. The number of methoxy groups -OCH3 is 1. The lowest BCUT2D eigenvalue weighted by molar-refractivity contribution is 0.0819. The van der Waals surface area contributed by atoms with Crippen LogP contribution in [0.3, 0.4) is 0 Å². The molecule has 1 N–H and O–H groups in total. The van der Waals surface area contributed by atoms with Gasteiger partial charge in [0, 0.05) is 50.2 Å². The van der Waals surface area contributed by atoms with Crippen molar-refractivity contribution in [3.63, 3.8) is 0 Å². The zero-order valence-electron chi connectivity index (χ0n) is 18.0. The lowest BCUT2D eigenvalue weighted by Gasteiger charge is -2.33. The molecule has 0 bridgehead atoms. The Hall–Kier alpha value is -3.38. The molecule has 0 aliphatic carbocycles. The molecule has 158 valence electrons. The first-order valence-electron chi connectivity index (χ1n) is 10.7. The van der Waals surface area contributed by atoms with E-state index in [1.807, 2.05) is 30.2 Å². The number of hydrogen-bond acceptors (Lipinski definition) is 5. The molecule has 2 aromatic heterocycles. The number of rotatable bonds is 5. The van der Waals surface area contributed by atoms with Gasteiger partial charge in [-0.1, -0.05) is 12.1 Å². The maximum Gasteiger partial charge on any atom is 0.130 e. The summed E-state index contributed by atoms with van der Waals surface area (Å²) < 4.78 is 7.39. The summed E-state index contributed by atoms with van der Waals surface area (Å²) in [4.78, 5) is 6.96. The number of pyridine rings is 1. The van der Waals surface area contributed by atoms with E-state index < -0.39 is 0 Å². The number of aryl methyl sites for hydroxylation is 1. The van der Waals surface area contributed by atoms with Crippen LogP contribution in [0.25, 0.3) is 22.0 Å². The van der Waals surface area contributed by atoms with E-state index >= 15 is 0 Å². The minimum atomic E-state index is 0.385. The second-order valence-corrected chi connectivity index (χ2v) is 8.07. The molecule has 0 atom stereocenters. The Morgan fingerprint density at radius 3 is 2.68 bits per heavy atom. The molecule has 6 nitrogen and oxygen atoms in total. The van der Waals surface area contributed by atoms with E-state index in [0.29, 0.717) is 6.10 Å². The summed E-state index contributed by atoms with van der Waals surface area (Å²) in [5.74, 6) is 0.832. The van der Waals surface area contributed by atoms with Gasteiger partial charge in [-0.15, -0.1) is 0 Å². The molecule has 3 heterocycles. The maximum absolute atomic E-state index is 5.50. The van der Waals surface area contributed by atoms with Gasteiger partial charge in [-0.3, -0.25) is 4.68 Å². The largest absolute Gasteiger partial charge is 0.381 e. The third kappa shape index (κ3) is 4.11. The molecule has 6 heteroatoms. The predicted octanol–water partition coefficient (Wildman–Crippen LogP) is 4.99. The van der Waals surface area contributed by atoms with Crippen molar-refractivity contribution in [1.29, 1.82) is 0 Å². The van der Waals surface area contributed by atoms with Crippen LogP contribution in [0.5, 0.6) is 0 Å². The summed E-state index contributed by atoms with van der Waals surface area (Å²) >= 11 is 0. The van der Waals surface area contributed by atoms with Gasteiger partial charge in [-0.2, -0.15) is 5.10 Å². The maximum atomic E-state index is 5.50. The van der Waals surface area contributed by atoms with Crippen molar-refractivity contribution in [2.24, 2.45) is 7.05 Å². The number of ether oxygens (including phenoxy) is 1. The Balaban J connectivity index is 1.35. The highest BCUT2D eigenvalue weighted by atomic mass is 16.5. The second kappa shape index (κ2) is 8.40. The zero-order valence-corrected chi connectivity index (χ0v) is 18.0. The first-order chi connectivity index (χ1) is 15.2. The number of nitrogens with one attached hydrogen (secondary N) is 1. The summed E-state index contributed by atoms with van der Waals surface area (Å²) in [6, 6.07) is 19.1. The van der Waals surface area contributed by atoms with Crippen molar-refractivity contribution in [3.8, 4) is 11.1 Å². The van der Waals surface area contributed by atoms with Crippen molar-refractivity contribution >= 4 is 28.1 Å². The molecular weight excluding hydrogens is 386 g/mol. The molecule has 31 heavy (non-hydrogen) atoms. The fourth-order valence-corrected chi connectivity index (χ4v) is 4.30. The van der Waals surface area contributed by atoms with Crippen LogP contribution in [0.1, 0.15) is 12.8 Å². The van der Waals surface area contributed by atoms with Gasteiger partial charge in [0.05, 0.1) is 17.8 Å². The fraction of sp³-hybridized carbons (Fsp3) is 0.280. The molecule has 1 fully saturated rings. The molecule has 4 aromatic rings. The molecular formula is C25H27N5O. The van der Waals surface area contributed by atoms with Crippen molar-refractivity contribution < 1.29 is 4.74 Å². The van der Waals surface area contributed by atoms with E-state index in [2.05, 4.69) is 68.8 Å². The Morgan fingerprint density at radius 2 is 1.84 bits per heavy atom. The highest BCUT2D eigenvalue weighted by Crippen LogP contribution is 2.28. The van der Waals surface area contributed by atoms with Crippen LogP contribution < -0.4 is 10.2 Å². The first kappa shape index (κ1) is 19.6. The number of fused-ring (bicyclic) bond motifs is 1. The lowest BCUT2D eigenvalue weighted by Crippen LogP contribution is -2.36. The summed E-state index contributed by atoms with van der Waals surface area (Å²) in [5, 5.41) is 8.95. The molecule has 2 aromatic carbocycles. The standard InChI is InChI=1S/C25H27N5O/c1-29-24-7-6-18(14-20(24)17-27-29)19-8-11-26-25(15-19)28-21-4-3-5-22(16-21)30-12-9-23(31-2)10-13-30/h3-8,11,14-17,23H,9-10,12-13H2,1-2H3,(H,26,28). The van der Waals surface area contributed by atoms with E-state index in [9.17, 15) is 0 Å². The van der Waals surface area contributed by atoms with Crippen LogP contribution in [-0.4, -0.2) is 41.1 Å². The van der Waals surface area contributed by atoms with Crippen LogP contribution in [0, 0.1) is 0 Å². The average molecular weight is 414 g/mol. The van der Waals surface area contributed by atoms with Gasteiger partial charge in [0.25, 0.3) is 0 Å².